The Labute approximate surface area is 83.8 Å². The third-order valence-electron chi connectivity index (χ3n) is 2.40. The molecule has 0 aromatic carbocycles. The molecule has 0 spiro atoms. The number of hydrogen-bond acceptors (Lipinski definition) is 2. The number of carbonyl (C=O) groups is 1. The maximum atomic E-state index is 10.6. The Morgan fingerprint density at radius 1 is 1.71 bits per heavy atom. The van der Waals surface area contributed by atoms with Gasteiger partial charge in [0.25, 0.3) is 5.82 Å². The summed E-state index contributed by atoms with van der Waals surface area (Å²) >= 11 is 0. The lowest BCUT2D eigenvalue weighted by molar-refractivity contribution is -0.678. The highest BCUT2D eigenvalue weighted by Gasteiger charge is 2.15. The average Bonchev–Trinajstić information content (AvgIpc) is 2.46. The van der Waals surface area contributed by atoms with Crippen LogP contribution in [0.1, 0.15) is 19.7 Å². The number of carbonyl (C=O) groups excluding carboxylic acids is 1. The number of aryl methyl sites for hydroxylation is 1. The van der Waals surface area contributed by atoms with Crippen molar-refractivity contribution in [1.82, 2.24) is 4.57 Å². The van der Waals surface area contributed by atoms with E-state index in [1.165, 1.54) is 0 Å². The summed E-state index contributed by atoms with van der Waals surface area (Å²) in [5.41, 5.74) is 0. The molecule has 0 amide bonds. The minimum absolute atomic E-state index is 0.451. The van der Waals surface area contributed by atoms with E-state index in [4.69, 9.17) is 0 Å². The van der Waals surface area contributed by atoms with E-state index in [-0.39, 0.29) is 0 Å². The van der Waals surface area contributed by atoms with Crippen molar-refractivity contribution in [2.45, 2.75) is 26.8 Å². The second-order valence-corrected chi connectivity index (χ2v) is 3.55. The smallest absolute Gasteiger partial charge is 0.255 e. The highest BCUT2D eigenvalue weighted by Crippen LogP contribution is 2.02. The Morgan fingerprint density at radius 2 is 2.36 bits per heavy atom. The minimum atomic E-state index is -0.997. The Morgan fingerprint density at radius 3 is 2.86 bits per heavy atom. The molecule has 0 bridgehead atoms. The topological polar surface area (TPSA) is 48.9 Å². The van der Waals surface area contributed by atoms with Crippen molar-refractivity contribution in [3.8, 4) is 0 Å². The number of carboxylic acid groups (broad SMARTS) is 1. The first-order valence-electron chi connectivity index (χ1n) is 4.80. The van der Waals surface area contributed by atoms with Gasteiger partial charge >= 0.3 is 0 Å². The molecule has 4 heteroatoms. The van der Waals surface area contributed by atoms with Crippen molar-refractivity contribution >= 4 is 5.97 Å². The predicted molar refractivity (Wildman–Crippen MR) is 49.2 cm³/mol. The van der Waals surface area contributed by atoms with Crippen LogP contribution in [-0.4, -0.2) is 10.5 Å². The van der Waals surface area contributed by atoms with Crippen LogP contribution in [0.4, 0.5) is 0 Å². The summed E-state index contributed by atoms with van der Waals surface area (Å²) in [4.78, 5) is 10.6. The van der Waals surface area contributed by atoms with Gasteiger partial charge in [0.05, 0.1) is 13.6 Å². The second-order valence-electron chi connectivity index (χ2n) is 3.55. The van der Waals surface area contributed by atoms with Gasteiger partial charge < -0.3 is 9.90 Å². The number of hydrogen-bond donors (Lipinski definition) is 0. The lowest BCUT2D eigenvalue weighted by Crippen LogP contribution is -2.35. The summed E-state index contributed by atoms with van der Waals surface area (Å²) in [6.45, 7) is 4.19. The second kappa shape index (κ2) is 4.26. The molecule has 0 aliphatic carbocycles. The molecule has 1 aromatic rings. The normalized spacial score (nSPS) is 12.8. The monoisotopic (exact) mass is 196 g/mol. The van der Waals surface area contributed by atoms with Gasteiger partial charge in [-0.25, -0.2) is 9.13 Å². The third kappa shape index (κ3) is 2.13. The van der Waals surface area contributed by atoms with E-state index in [0.29, 0.717) is 6.54 Å². The van der Waals surface area contributed by atoms with Gasteiger partial charge in [-0.05, 0) is 0 Å². The van der Waals surface area contributed by atoms with Crippen molar-refractivity contribution in [1.29, 1.82) is 0 Å². The Hall–Kier alpha value is -1.32. The zero-order valence-electron chi connectivity index (χ0n) is 8.86. The molecule has 0 aliphatic heterocycles. The predicted octanol–water partition coefficient (Wildman–Crippen LogP) is -0.739. The van der Waals surface area contributed by atoms with Crippen molar-refractivity contribution in [3.05, 3.63) is 18.2 Å². The van der Waals surface area contributed by atoms with Gasteiger partial charge in [-0.15, -0.1) is 0 Å². The summed E-state index contributed by atoms with van der Waals surface area (Å²) in [6, 6.07) is 0. The molecule has 78 valence electrons. The van der Waals surface area contributed by atoms with E-state index in [1.807, 2.05) is 28.6 Å². The van der Waals surface area contributed by atoms with Crippen LogP contribution in [0.5, 0.6) is 0 Å². The number of rotatable bonds is 4. The van der Waals surface area contributed by atoms with Crippen molar-refractivity contribution < 1.29 is 14.5 Å². The summed E-state index contributed by atoms with van der Waals surface area (Å²) in [7, 11) is 1.96. The van der Waals surface area contributed by atoms with Crippen LogP contribution in [0.2, 0.25) is 0 Å². The molecule has 0 N–H and O–H groups in total. The van der Waals surface area contributed by atoms with Crippen LogP contribution >= 0.6 is 0 Å². The lowest BCUT2D eigenvalue weighted by atomic mass is 10.2. The highest BCUT2D eigenvalue weighted by molar-refractivity contribution is 5.66. The maximum absolute atomic E-state index is 10.6. The van der Waals surface area contributed by atoms with Gasteiger partial charge in [0.2, 0.25) is 0 Å². The molecule has 14 heavy (non-hydrogen) atoms. The summed E-state index contributed by atoms with van der Waals surface area (Å²) in [5.74, 6) is -0.325. The van der Waals surface area contributed by atoms with Gasteiger partial charge in [0.1, 0.15) is 12.4 Å². The largest absolute Gasteiger partial charge is 0.550 e. The van der Waals surface area contributed by atoms with Crippen LogP contribution in [0.25, 0.3) is 0 Å². The van der Waals surface area contributed by atoms with Gasteiger partial charge in [-0.3, -0.25) is 0 Å². The first kappa shape index (κ1) is 10.8. The summed E-state index contributed by atoms with van der Waals surface area (Å²) in [6.07, 6.45) is 4.72. The molecule has 1 aromatic heterocycles. The molecule has 1 unspecified atom stereocenters. The molecule has 0 saturated heterocycles. The lowest BCUT2D eigenvalue weighted by Gasteiger charge is -2.10. The van der Waals surface area contributed by atoms with Crippen molar-refractivity contribution in [3.63, 3.8) is 0 Å². The van der Waals surface area contributed by atoms with E-state index in [2.05, 4.69) is 6.92 Å². The molecular formula is C10H16N2O2. The summed E-state index contributed by atoms with van der Waals surface area (Å²) < 4.78 is 3.96. The van der Waals surface area contributed by atoms with E-state index in [1.54, 1.807) is 6.92 Å². The Bertz CT molecular complexity index is 331. The molecule has 1 rings (SSSR count). The summed E-state index contributed by atoms with van der Waals surface area (Å²) in [5, 5.41) is 10.6. The van der Waals surface area contributed by atoms with E-state index < -0.39 is 11.9 Å². The SMILES string of the molecule is CCc1n(CC(C)C(=O)[O-])cc[n+]1C. The molecule has 1 heterocycles. The molecule has 0 fully saturated rings. The molecule has 0 radical (unpaired) electrons. The Balaban J connectivity index is 2.81. The van der Waals surface area contributed by atoms with Crippen LogP contribution in [0, 0.1) is 5.92 Å². The Kier molecular flexibility index (Phi) is 3.28. The zero-order chi connectivity index (χ0) is 10.7. The van der Waals surface area contributed by atoms with Crippen LogP contribution in [0.15, 0.2) is 12.4 Å². The van der Waals surface area contributed by atoms with Crippen LogP contribution in [0.3, 0.4) is 0 Å². The van der Waals surface area contributed by atoms with E-state index >= 15 is 0 Å². The number of carboxylic acids is 1. The van der Waals surface area contributed by atoms with Crippen LogP contribution in [-0.2, 0) is 24.8 Å². The van der Waals surface area contributed by atoms with Gasteiger partial charge in [0.15, 0.2) is 0 Å². The highest BCUT2D eigenvalue weighted by atomic mass is 16.4. The van der Waals surface area contributed by atoms with Crippen molar-refractivity contribution in [2.24, 2.45) is 13.0 Å². The quantitative estimate of drug-likeness (QED) is 0.596. The van der Waals surface area contributed by atoms with E-state index in [0.717, 1.165) is 12.2 Å². The standard InChI is InChI=1S/C10H16N2O2/c1-4-9-11(3)5-6-12(9)7-8(2)10(13)14/h5-6,8H,4,7H2,1-3H3. The first-order valence-corrected chi connectivity index (χ1v) is 4.80. The zero-order valence-corrected chi connectivity index (χ0v) is 8.86. The first-order chi connectivity index (χ1) is 6.56. The fourth-order valence-electron chi connectivity index (χ4n) is 1.54. The minimum Gasteiger partial charge on any atom is -0.550 e. The van der Waals surface area contributed by atoms with Crippen LogP contribution < -0.4 is 9.67 Å². The average molecular weight is 196 g/mol. The molecule has 0 aliphatic rings. The molecular weight excluding hydrogens is 180 g/mol. The molecule has 1 atom stereocenters. The number of aromatic nitrogens is 2. The fraction of sp³-hybridized carbons (Fsp3) is 0.600. The number of nitrogens with zero attached hydrogens (tertiary/aromatic N) is 2. The van der Waals surface area contributed by atoms with Gasteiger partial charge in [-0.1, -0.05) is 13.8 Å². The number of aliphatic carboxylic acids is 1. The van der Waals surface area contributed by atoms with E-state index in [9.17, 15) is 9.90 Å². The number of imidazole rings is 1. The van der Waals surface area contributed by atoms with Gasteiger partial charge in [0, 0.05) is 18.3 Å². The fourth-order valence-corrected chi connectivity index (χ4v) is 1.54. The van der Waals surface area contributed by atoms with Gasteiger partial charge in [-0.2, -0.15) is 0 Å². The third-order valence-corrected chi connectivity index (χ3v) is 2.40. The molecule has 4 nitrogen and oxygen atoms in total. The maximum Gasteiger partial charge on any atom is 0.255 e. The molecule has 0 saturated carbocycles. The van der Waals surface area contributed by atoms with Crippen molar-refractivity contribution in [2.75, 3.05) is 0 Å².